The molecule has 1 heterocycles. The fourth-order valence-corrected chi connectivity index (χ4v) is 5.53. The minimum atomic E-state index is -3.03. The van der Waals surface area contributed by atoms with Crippen molar-refractivity contribution in [2.75, 3.05) is 30.9 Å². The Hall–Kier alpha value is -0.270. The van der Waals surface area contributed by atoms with Crippen LogP contribution in [0.25, 0.3) is 0 Å². The minimum Gasteiger partial charge on any atom is -0.388 e. The number of hydrogen-bond donors (Lipinski definition) is 2. The lowest BCUT2D eigenvalue weighted by Crippen LogP contribution is -2.49. The first-order chi connectivity index (χ1) is 8.32. The quantitative estimate of drug-likeness (QED) is 0.569. The van der Waals surface area contributed by atoms with E-state index in [1.54, 1.807) is 11.8 Å². The Morgan fingerprint density at radius 2 is 2.22 bits per heavy atom. The summed E-state index contributed by atoms with van der Waals surface area (Å²) in [6.45, 7) is 1.59. The first kappa shape index (κ1) is 14.1. The van der Waals surface area contributed by atoms with Gasteiger partial charge in [0.05, 0.1) is 5.84 Å². The molecule has 2 rings (SSSR count). The first-order valence-electron chi connectivity index (χ1n) is 6.16. The molecule has 1 unspecified atom stereocenters. The van der Waals surface area contributed by atoms with Gasteiger partial charge in [-0.1, -0.05) is 0 Å². The second-order valence-corrected chi connectivity index (χ2v) is 8.88. The molecule has 0 aromatic rings. The van der Waals surface area contributed by atoms with Crippen LogP contribution in [0.5, 0.6) is 0 Å². The van der Waals surface area contributed by atoms with E-state index in [-0.39, 0.29) is 16.6 Å². The zero-order valence-electron chi connectivity index (χ0n) is 10.7. The van der Waals surface area contributed by atoms with E-state index in [1.165, 1.54) is 6.26 Å². The highest BCUT2D eigenvalue weighted by Gasteiger charge is 2.46. The molecule has 104 valence electrons. The van der Waals surface area contributed by atoms with Gasteiger partial charge in [0.1, 0.15) is 5.37 Å². The van der Waals surface area contributed by atoms with Gasteiger partial charge in [0.25, 0.3) is 0 Å². The number of amidine groups is 1. The van der Waals surface area contributed by atoms with Crippen LogP contribution in [-0.2, 0) is 9.84 Å². The highest BCUT2D eigenvalue weighted by Crippen LogP contribution is 2.49. The summed E-state index contributed by atoms with van der Waals surface area (Å²) in [6, 6.07) is 0. The summed E-state index contributed by atoms with van der Waals surface area (Å²) in [5.74, 6) is 1.87. The number of nitrogens with zero attached hydrogens (tertiary/aromatic N) is 1. The number of thioether (sulfide) groups is 1. The third-order valence-corrected chi connectivity index (χ3v) is 6.43. The van der Waals surface area contributed by atoms with Crippen molar-refractivity contribution >= 4 is 27.4 Å². The fourth-order valence-electron chi connectivity index (χ4n) is 2.59. The first-order valence-corrected chi connectivity index (χ1v) is 9.27. The minimum absolute atomic E-state index is 0.0801. The number of nitrogens with one attached hydrogen (secondary N) is 1. The molecule has 5 nitrogen and oxygen atoms in total. The summed E-state index contributed by atoms with van der Waals surface area (Å²) >= 11 is 1.71. The second kappa shape index (κ2) is 5.02. The molecular weight excluding hydrogens is 270 g/mol. The maximum atomic E-state index is 11.8. The summed E-state index contributed by atoms with van der Waals surface area (Å²) in [4.78, 5) is 2.09. The van der Waals surface area contributed by atoms with Crippen LogP contribution < -0.4 is 5.73 Å². The van der Waals surface area contributed by atoms with E-state index in [1.807, 2.05) is 0 Å². The lowest BCUT2D eigenvalue weighted by molar-refractivity contribution is 0.218. The van der Waals surface area contributed by atoms with Gasteiger partial charge < -0.3 is 5.73 Å². The molecule has 1 aliphatic heterocycles. The van der Waals surface area contributed by atoms with Crippen LogP contribution in [0.1, 0.15) is 19.3 Å². The topological polar surface area (TPSA) is 87.2 Å². The molecule has 1 atom stereocenters. The van der Waals surface area contributed by atoms with Gasteiger partial charge in [-0.05, 0) is 18.3 Å². The van der Waals surface area contributed by atoms with Crippen LogP contribution in [-0.4, -0.2) is 55.4 Å². The van der Waals surface area contributed by atoms with Gasteiger partial charge in [-0.15, -0.1) is 0 Å². The maximum absolute atomic E-state index is 11.8. The Morgan fingerprint density at radius 1 is 1.56 bits per heavy atom. The summed E-state index contributed by atoms with van der Waals surface area (Å²) in [6.07, 6.45) is 4.05. The van der Waals surface area contributed by atoms with E-state index in [2.05, 4.69) is 4.90 Å². The van der Waals surface area contributed by atoms with Crippen LogP contribution in [0.4, 0.5) is 0 Å². The van der Waals surface area contributed by atoms with Gasteiger partial charge in [0.2, 0.25) is 0 Å². The van der Waals surface area contributed by atoms with Crippen molar-refractivity contribution in [3.8, 4) is 0 Å². The second-order valence-electron chi connectivity index (χ2n) is 5.53. The fraction of sp³-hybridized carbons (Fsp3) is 0.909. The monoisotopic (exact) mass is 291 g/mol. The predicted molar refractivity (Wildman–Crippen MR) is 75.7 cm³/mol. The number of nitrogens with two attached hydrogens (primary N) is 1. The summed E-state index contributed by atoms with van der Waals surface area (Å²) in [7, 11) is -3.03. The highest BCUT2D eigenvalue weighted by molar-refractivity contribution is 8.00. The van der Waals surface area contributed by atoms with Crippen LogP contribution in [0.2, 0.25) is 0 Å². The Morgan fingerprint density at radius 3 is 2.72 bits per heavy atom. The van der Waals surface area contributed by atoms with Gasteiger partial charge in [0.15, 0.2) is 9.84 Å². The van der Waals surface area contributed by atoms with Gasteiger partial charge in [-0.3, -0.25) is 10.3 Å². The van der Waals surface area contributed by atoms with E-state index in [4.69, 9.17) is 11.1 Å². The average Bonchev–Trinajstić information content (AvgIpc) is 2.95. The van der Waals surface area contributed by atoms with Crippen molar-refractivity contribution in [3.63, 3.8) is 0 Å². The van der Waals surface area contributed by atoms with Gasteiger partial charge in [0, 0.05) is 37.3 Å². The van der Waals surface area contributed by atoms with Crippen molar-refractivity contribution in [2.24, 2.45) is 11.1 Å². The molecule has 0 aromatic carbocycles. The smallest absolute Gasteiger partial charge is 0.164 e. The number of rotatable bonds is 5. The molecule has 2 fully saturated rings. The van der Waals surface area contributed by atoms with Crippen LogP contribution >= 0.6 is 11.8 Å². The average molecular weight is 291 g/mol. The number of hydrogen-bond acceptors (Lipinski definition) is 5. The molecule has 0 aromatic heterocycles. The molecule has 7 heteroatoms. The molecule has 0 radical (unpaired) electrons. The molecule has 1 saturated heterocycles. The van der Waals surface area contributed by atoms with Crippen molar-refractivity contribution in [1.82, 2.24) is 4.90 Å². The van der Waals surface area contributed by atoms with E-state index in [0.29, 0.717) is 12.2 Å². The Bertz CT molecular complexity index is 432. The lowest BCUT2D eigenvalue weighted by Gasteiger charge is -2.36. The van der Waals surface area contributed by atoms with Crippen molar-refractivity contribution in [3.05, 3.63) is 0 Å². The Labute approximate surface area is 113 Å². The van der Waals surface area contributed by atoms with E-state index < -0.39 is 9.84 Å². The Kier molecular flexibility index (Phi) is 3.94. The van der Waals surface area contributed by atoms with Crippen molar-refractivity contribution < 1.29 is 8.42 Å². The molecule has 0 amide bonds. The van der Waals surface area contributed by atoms with Gasteiger partial charge >= 0.3 is 0 Å². The van der Waals surface area contributed by atoms with Crippen LogP contribution in [0.3, 0.4) is 0 Å². The zero-order chi connectivity index (χ0) is 13.4. The molecule has 0 spiro atoms. The summed E-state index contributed by atoms with van der Waals surface area (Å²) in [5, 5.41) is 7.06. The SMILES string of the molecule is CS(=O)(=O)C1CSCCN1CC1(CC(=N)N)CC1. The molecular formula is C11H21N3O2S2. The molecule has 0 bridgehead atoms. The molecule has 1 saturated carbocycles. The third-order valence-electron chi connectivity index (χ3n) is 3.75. The lowest BCUT2D eigenvalue weighted by atomic mass is 10.0. The normalized spacial score (nSPS) is 27.9. The summed E-state index contributed by atoms with van der Waals surface area (Å²) < 4.78 is 23.6. The molecule has 18 heavy (non-hydrogen) atoms. The molecule has 2 aliphatic rings. The van der Waals surface area contributed by atoms with Gasteiger partial charge in [-0.25, -0.2) is 8.42 Å². The van der Waals surface area contributed by atoms with Crippen LogP contribution in [0, 0.1) is 10.8 Å². The largest absolute Gasteiger partial charge is 0.388 e. The maximum Gasteiger partial charge on any atom is 0.164 e. The summed E-state index contributed by atoms with van der Waals surface area (Å²) in [5.41, 5.74) is 5.57. The van der Waals surface area contributed by atoms with E-state index >= 15 is 0 Å². The standard InChI is InChI=1S/C11H21N3O2S2/c1-18(15,16)10-7-17-5-4-14(10)8-11(2-3-11)6-9(12)13/h10H,2-8H2,1H3,(H3,12,13). The van der Waals surface area contributed by atoms with Crippen molar-refractivity contribution in [2.45, 2.75) is 24.6 Å². The third kappa shape index (κ3) is 3.39. The molecule has 1 aliphatic carbocycles. The predicted octanol–water partition coefficient (Wildman–Crippen LogP) is 0.512. The number of sulfone groups is 1. The van der Waals surface area contributed by atoms with Gasteiger partial charge in [-0.2, -0.15) is 11.8 Å². The highest BCUT2D eigenvalue weighted by atomic mass is 32.2. The Balaban J connectivity index is 2.04. The van der Waals surface area contributed by atoms with E-state index in [0.717, 1.165) is 31.7 Å². The zero-order valence-corrected chi connectivity index (χ0v) is 12.3. The molecule has 3 N–H and O–H groups in total. The van der Waals surface area contributed by atoms with E-state index in [9.17, 15) is 8.42 Å². The van der Waals surface area contributed by atoms with Crippen molar-refractivity contribution in [1.29, 1.82) is 5.41 Å². The van der Waals surface area contributed by atoms with Crippen LogP contribution in [0.15, 0.2) is 0 Å².